The first kappa shape index (κ1) is 15.2. The number of aryl methyl sites for hydroxylation is 1. The SMILES string of the molecule is C=CCNC(=O)c1ccc(COc2ccc(Cl)cc2C)o1. The van der Waals surface area contributed by atoms with Gasteiger partial charge in [-0.1, -0.05) is 17.7 Å². The fourth-order valence-electron chi connectivity index (χ4n) is 1.75. The lowest BCUT2D eigenvalue weighted by Crippen LogP contribution is -2.22. The van der Waals surface area contributed by atoms with E-state index in [-0.39, 0.29) is 18.3 Å². The van der Waals surface area contributed by atoms with E-state index in [1.54, 1.807) is 30.3 Å². The molecule has 1 heterocycles. The summed E-state index contributed by atoms with van der Waals surface area (Å²) in [4.78, 5) is 11.7. The van der Waals surface area contributed by atoms with Crippen LogP contribution in [-0.4, -0.2) is 12.5 Å². The second-order valence-corrected chi connectivity index (χ2v) is 4.90. The van der Waals surface area contributed by atoms with Crippen LogP contribution in [0.25, 0.3) is 0 Å². The molecule has 0 aliphatic carbocycles. The fourth-order valence-corrected chi connectivity index (χ4v) is 1.98. The maximum absolute atomic E-state index is 11.7. The zero-order valence-corrected chi connectivity index (χ0v) is 12.4. The molecule has 4 nitrogen and oxygen atoms in total. The molecule has 0 bridgehead atoms. The van der Waals surface area contributed by atoms with Crippen molar-refractivity contribution in [3.63, 3.8) is 0 Å². The number of benzene rings is 1. The van der Waals surface area contributed by atoms with Gasteiger partial charge >= 0.3 is 0 Å². The number of amides is 1. The lowest BCUT2D eigenvalue weighted by Gasteiger charge is -2.07. The summed E-state index contributed by atoms with van der Waals surface area (Å²) in [5.41, 5.74) is 0.943. The number of hydrogen-bond donors (Lipinski definition) is 1. The van der Waals surface area contributed by atoms with E-state index in [2.05, 4.69) is 11.9 Å². The molecule has 1 amide bonds. The van der Waals surface area contributed by atoms with Crippen molar-refractivity contribution in [1.29, 1.82) is 0 Å². The second-order valence-electron chi connectivity index (χ2n) is 4.46. The highest BCUT2D eigenvalue weighted by atomic mass is 35.5. The van der Waals surface area contributed by atoms with Crippen LogP contribution in [0.5, 0.6) is 5.75 Å². The van der Waals surface area contributed by atoms with Gasteiger partial charge in [-0.2, -0.15) is 0 Å². The van der Waals surface area contributed by atoms with Gasteiger partial charge in [0.05, 0.1) is 0 Å². The monoisotopic (exact) mass is 305 g/mol. The molecule has 1 aromatic heterocycles. The molecule has 0 aliphatic heterocycles. The topological polar surface area (TPSA) is 51.5 Å². The minimum Gasteiger partial charge on any atom is -0.485 e. The fraction of sp³-hybridized carbons (Fsp3) is 0.188. The third-order valence-corrected chi connectivity index (χ3v) is 3.03. The van der Waals surface area contributed by atoms with Crippen LogP contribution in [0, 0.1) is 6.92 Å². The first-order valence-electron chi connectivity index (χ1n) is 6.47. The van der Waals surface area contributed by atoms with Gasteiger partial charge < -0.3 is 14.5 Å². The van der Waals surface area contributed by atoms with Crippen molar-refractivity contribution in [2.24, 2.45) is 0 Å². The predicted octanol–water partition coefficient (Wildman–Crippen LogP) is 3.74. The molecular formula is C16H16ClNO3. The number of halogens is 1. The predicted molar refractivity (Wildman–Crippen MR) is 81.8 cm³/mol. The van der Waals surface area contributed by atoms with Crippen LogP contribution in [0.2, 0.25) is 5.02 Å². The van der Waals surface area contributed by atoms with Crippen molar-refractivity contribution >= 4 is 17.5 Å². The van der Waals surface area contributed by atoms with Gasteiger partial charge in [-0.15, -0.1) is 6.58 Å². The van der Waals surface area contributed by atoms with E-state index in [0.717, 1.165) is 11.3 Å². The van der Waals surface area contributed by atoms with E-state index < -0.39 is 0 Å². The first-order chi connectivity index (χ1) is 10.1. The number of furan rings is 1. The average Bonchev–Trinajstić information content (AvgIpc) is 2.93. The Bertz CT molecular complexity index is 649. The van der Waals surface area contributed by atoms with Crippen LogP contribution >= 0.6 is 11.6 Å². The van der Waals surface area contributed by atoms with Gasteiger partial charge in [0, 0.05) is 11.6 Å². The van der Waals surface area contributed by atoms with E-state index in [1.165, 1.54) is 0 Å². The number of ether oxygens (including phenoxy) is 1. The van der Waals surface area contributed by atoms with Crippen LogP contribution in [0.1, 0.15) is 21.9 Å². The van der Waals surface area contributed by atoms with Crippen molar-refractivity contribution in [2.75, 3.05) is 6.54 Å². The summed E-state index contributed by atoms with van der Waals surface area (Å²) in [5.74, 6) is 1.29. The Labute approximate surface area is 128 Å². The Morgan fingerprint density at radius 1 is 1.43 bits per heavy atom. The van der Waals surface area contributed by atoms with E-state index in [9.17, 15) is 4.79 Å². The van der Waals surface area contributed by atoms with E-state index in [4.69, 9.17) is 20.8 Å². The molecule has 2 aromatic rings. The molecule has 110 valence electrons. The highest BCUT2D eigenvalue weighted by Gasteiger charge is 2.10. The maximum Gasteiger partial charge on any atom is 0.287 e. The van der Waals surface area contributed by atoms with Crippen LogP contribution < -0.4 is 10.1 Å². The molecule has 1 aromatic carbocycles. The molecule has 0 radical (unpaired) electrons. The van der Waals surface area contributed by atoms with Gasteiger partial charge in [0.2, 0.25) is 0 Å². The maximum atomic E-state index is 11.7. The third-order valence-electron chi connectivity index (χ3n) is 2.80. The minimum atomic E-state index is -0.274. The van der Waals surface area contributed by atoms with Crippen molar-refractivity contribution in [2.45, 2.75) is 13.5 Å². The Hall–Kier alpha value is -2.20. The molecule has 0 aliphatic rings. The summed E-state index contributed by atoms with van der Waals surface area (Å²) in [6.45, 7) is 6.09. The van der Waals surface area contributed by atoms with E-state index >= 15 is 0 Å². The van der Waals surface area contributed by atoms with Crippen LogP contribution in [0.4, 0.5) is 0 Å². The van der Waals surface area contributed by atoms with Crippen molar-refractivity contribution in [3.8, 4) is 5.75 Å². The van der Waals surface area contributed by atoms with Gasteiger partial charge in [0.15, 0.2) is 5.76 Å². The van der Waals surface area contributed by atoms with Crippen LogP contribution in [0.15, 0.2) is 47.4 Å². The van der Waals surface area contributed by atoms with Crippen molar-refractivity contribution in [1.82, 2.24) is 5.32 Å². The van der Waals surface area contributed by atoms with Crippen LogP contribution in [0.3, 0.4) is 0 Å². The van der Waals surface area contributed by atoms with E-state index in [1.807, 2.05) is 13.0 Å². The molecular weight excluding hydrogens is 290 g/mol. The lowest BCUT2D eigenvalue weighted by atomic mass is 10.2. The Morgan fingerprint density at radius 3 is 2.95 bits per heavy atom. The summed E-state index contributed by atoms with van der Waals surface area (Å²) in [7, 11) is 0. The molecule has 0 unspecified atom stereocenters. The van der Waals surface area contributed by atoms with Gasteiger partial charge in [-0.3, -0.25) is 4.79 Å². The number of nitrogens with one attached hydrogen (secondary N) is 1. The quantitative estimate of drug-likeness (QED) is 0.827. The Kier molecular flexibility index (Phi) is 5.06. The number of carbonyl (C=O) groups is 1. The second kappa shape index (κ2) is 6.99. The molecule has 0 spiro atoms. The highest BCUT2D eigenvalue weighted by Crippen LogP contribution is 2.23. The molecule has 0 atom stereocenters. The van der Waals surface area contributed by atoms with Gasteiger partial charge in [-0.25, -0.2) is 0 Å². The van der Waals surface area contributed by atoms with Crippen molar-refractivity contribution in [3.05, 3.63) is 65.1 Å². The zero-order valence-electron chi connectivity index (χ0n) is 11.7. The number of hydrogen-bond acceptors (Lipinski definition) is 3. The first-order valence-corrected chi connectivity index (χ1v) is 6.84. The molecule has 1 N–H and O–H groups in total. The standard InChI is InChI=1S/C16H16ClNO3/c1-3-8-18-16(19)15-7-5-13(21-15)10-20-14-6-4-12(17)9-11(14)2/h3-7,9H,1,8,10H2,2H3,(H,18,19). The van der Waals surface area contributed by atoms with Crippen molar-refractivity contribution < 1.29 is 13.9 Å². The third kappa shape index (κ3) is 4.13. The molecule has 2 rings (SSSR count). The zero-order chi connectivity index (χ0) is 15.2. The van der Waals surface area contributed by atoms with Gasteiger partial charge in [-0.05, 0) is 42.8 Å². The number of rotatable bonds is 6. The normalized spacial score (nSPS) is 10.2. The smallest absolute Gasteiger partial charge is 0.287 e. The molecule has 21 heavy (non-hydrogen) atoms. The minimum absolute atomic E-state index is 0.247. The lowest BCUT2D eigenvalue weighted by molar-refractivity contribution is 0.0926. The molecule has 0 fully saturated rings. The summed E-state index contributed by atoms with van der Waals surface area (Å²) in [6, 6.07) is 8.73. The average molecular weight is 306 g/mol. The highest BCUT2D eigenvalue weighted by molar-refractivity contribution is 6.30. The van der Waals surface area contributed by atoms with E-state index in [0.29, 0.717) is 17.3 Å². The largest absolute Gasteiger partial charge is 0.485 e. The molecule has 5 heteroatoms. The van der Waals surface area contributed by atoms with Crippen LogP contribution in [-0.2, 0) is 6.61 Å². The summed E-state index contributed by atoms with van der Waals surface area (Å²) < 4.78 is 11.1. The summed E-state index contributed by atoms with van der Waals surface area (Å²) >= 11 is 5.89. The summed E-state index contributed by atoms with van der Waals surface area (Å²) in [6.07, 6.45) is 1.61. The number of carbonyl (C=O) groups excluding carboxylic acids is 1. The molecule has 0 saturated carbocycles. The Balaban J connectivity index is 1.96. The van der Waals surface area contributed by atoms with Gasteiger partial charge in [0.1, 0.15) is 18.1 Å². The Morgan fingerprint density at radius 2 is 2.24 bits per heavy atom. The molecule has 0 saturated heterocycles. The summed E-state index contributed by atoms with van der Waals surface area (Å²) in [5, 5.41) is 3.31. The van der Waals surface area contributed by atoms with Gasteiger partial charge in [0.25, 0.3) is 5.91 Å².